The van der Waals surface area contributed by atoms with Crippen molar-refractivity contribution in [3.05, 3.63) is 29.3 Å². The number of likely N-dealkylation sites (tertiary alicyclic amines) is 1. The minimum Gasteiger partial charge on any atom is -0.334 e. The Bertz CT molecular complexity index is 429. The van der Waals surface area contributed by atoms with Gasteiger partial charge in [-0.1, -0.05) is 18.5 Å². The molecule has 2 amide bonds. The molecule has 0 unspecified atom stereocenters. The molecule has 1 aromatic rings. The van der Waals surface area contributed by atoms with E-state index in [1.807, 2.05) is 0 Å². The second-order valence-corrected chi connectivity index (χ2v) is 5.65. The van der Waals surface area contributed by atoms with E-state index >= 15 is 0 Å². The van der Waals surface area contributed by atoms with Crippen LogP contribution >= 0.6 is 11.6 Å². The number of urea groups is 1. The van der Waals surface area contributed by atoms with Crippen LogP contribution in [0.25, 0.3) is 0 Å². The number of amides is 2. The van der Waals surface area contributed by atoms with E-state index in [4.69, 9.17) is 11.6 Å². The topological polar surface area (TPSA) is 44.4 Å². The van der Waals surface area contributed by atoms with Crippen molar-refractivity contribution in [1.29, 1.82) is 0 Å². The smallest absolute Gasteiger partial charge is 0.319 e. The van der Waals surface area contributed by atoms with Gasteiger partial charge in [-0.15, -0.1) is 0 Å². The summed E-state index contributed by atoms with van der Waals surface area (Å²) in [5.74, 6) is 0. The first-order valence-electron chi connectivity index (χ1n) is 7.23. The van der Waals surface area contributed by atoms with Crippen LogP contribution in [0.15, 0.2) is 24.3 Å². The van der Waals surface area contributed by atoms with Crippen LogP contribution in [0.2, 0.25) is 5.02 Å². The summed E-state index contributed by atoms with van der Waals surface area (Å²) in [6, 6.07) is 7.16. The highest BCUT2D eigenvalue weighted by Crippen LogP contribution is 2.13. The molecular formula is C15H22ClN3O. The average Bonchev–Trinajstić information content (AvgIpc) is 2.93. The number of nitrogens with zero attached hydrogens (tertiary/aromatic N) is 1. The molecule has 2 rings (SSSR count). The van der Waals surface area contributed by atoms with Gasteiger partial charge in [0.25, 0.3) is 0 Å². The fourth-order valence-corrected chi connectivity index (χ4v) is 2.57. The summed E-state index contributed by atoms with van der Waals surface area (Å²) in [7, 11) is 0. The second kappa shape index (κ2) is 7.50. The quantitative estimate of drug-likeness (QED) is 0.875. The van der Waals surface area contributed by atoms with E-state index in [1.165, 1.54) is 12.8 Å². The van der Waals surface area contributed by atoms with Gasteiger partial charge < -0.3 is 15.5 Å². The van der Waals surface area contributed by atoms with Crippen LogP contribution in [0.5, 0.6) is 0 Å². The van der Waals surface area contributed by atoms with E-state index in [2.05, 4.69) is 22.5 Å². The van der Waals surface area contributed by atoms with Gasteiger partial charge in [0.2, 0.25) is 0 Å². The van der Waals surface area contributed by atoms with Gasteiger partial charge in [-0.3, -0.25) is 0 Å². The zero-order chi connectivity index (χ0) is 14.4. The van der Waals surface area contributed by atoms with Crippen molar-refractivity contribution in [2.24, 2.45) is 0 Å². The Morgan fingerprint density at radius 2 is 1.95 bits per heavy atom. The van der Waals surface area contributed by atoms with Crippen molar-refractivity contribution in [3.63, 3.8) is 0 Å². The van der Waals surface area contributed by atoms with Gasteiger partial charge in [-0.05, 0) is 56.6 Å². The van der Waals surface area contributed by atoms with Crippen molar-refractivity contribution in [2.45, 2.75) is 32.2 Å². The summed E-state index contributed by atoms with van der Waals surface area (Å²) in [4.78, 5) is 14.4. The number of halogens is 1. The second-order valence-electron chi connectivity index (χ2n) is 5.22. The Labute approximate surface area is 125 Å². The summed E-state index contributed by atoms with van der Waals surface area (Å²) in [5, 5.41) is 6.53. The molecule has 1 fully saturated rings. The first-order chi connectivity index (χ1) is 9.67. The van der Waals surface area contributed by atoms with Gasteiger partial charge in [0.05, 0.1) is 0 Å². The third kappa shape index (κ3) is 4.69. The molecule has 0 aliphatic carbocycles. The molecule has 4 nitrogen and oxygen atoms in total. The molecule has 20 heavy (non-hydrogen) atoms. The van der Waals surface area contributed by atoms with Crippen molar-refractivity contribution >= 4 is 23.3 Å². The highest BCUT2D eigenvalue weighted by molar-refractivity contribution is 6.30. The van der Waals surface area contributed by atoms with E-state index < -0.39 is 0 Å². The number of hydrogen-bond acceptors (Lipinski definition) is 2. The summed E-state index contributed by atoms with van der Waals surface area (Å²) >= 11 is 5.82. The van der Waals surface area contributed by atoms with Crippen LogP contribution in [0, 0.1) is 0 Å². The zero-order valence-electron chi connectivity index (χ0n) is 11.9. The Balaban J connectivity index is 1.80. The van der Waals surface area contributed by atoms with Gasteiger partial charge >= 0.3 is 6.03 Å². The number of carbonyl (C=O) groups excluding carboxylic acids is 1. The molecule has 0 bridgehead atoms. The van der Waals surface area contributed by atoms with Crippen molar-refractivity contribution < 1.29 is 4.79 Å². The van der Waals surface area contributed by atoms with Crippen LogP contribution < -0.4 is 10.6 Å². The molecule has 0 saturated carbocycles. The lowest BCUT2D eigenvalue weighted by molar-refractivity contribution is 0.239. The molecule has 110 valence electrons. The maximum absolute atomic E-state index is 12.0. The van der Waals surface area contributed by atoms with Crippen LogP contribution in [0.1, 0.15) is 26.2 Å². The first kappa shape index (κ1) is 15.1. The summed E-state index contributed by atoms with van der Waals surface area (Å²) in [6.07, 6.45) is 3.48. The number of hydrogen-bond donors (Lipinski definition) is 2. The number of carbonyl (C=O) groups is 1. The molecule has 5 heteroatoms. The first-order valence-corrected chi connectivity index (χ1v) is 7.60. The van der Waals surface area contributed by atoms with Gasteiger partial charge in [0.15, 0.2) is 0 Å². The number of benzene rings is 1. The zero-order valence-corrected chi connectivity index (χ0v) is 12.6. The SMILES string of the molecule is CC[C@H](CN1CCCC1)NC(=O)Nc1ccc(Cl)cc1. The van der Waals surface area contributed by atoms with E-state index in [-0.39, 0.29) is 12.1 Å². The molecular weight excluding hydrogens is 274 g/mol. The summed E-state index contributed by atoms with van der Waals surface area (Å²) in [5.41, 5.74) is 0.753. The lowest BCUT2D eigenvalue weighted by atomic mass is 10.2. The molecule has 1 heterocycles. The lowest BCUT2D eigenvalue weighted by Crippen LogP contribution is -2.44. The Morgan fingerprint density at radius 3 is 2.55 bits per heavy atom. The average molecular weight is 296 g/mol. The van der Waals surface area contributed by atoms with E-state index in [0.717, 1.165) is 31.7 Å². The van der Waals surface area contributed by atoms with Gasteiger partial charge in [0, 0.05) is 23.3 Å². The monoisotopic (exact) mass is 295 g/mol. The molecule has 0 spiro atoms. The van der Waals surface area contributed by atoms with Crippen molar-refractivity contribution in [2.75, 3.05) is 25.0 Å². The Hall–Kier alpha value is -1.26. The molecule has 1 atom stereocenters. The fraction of sp³-hybridized carbons (Fsp3) is 0.533. The van der Waals surface area contributed by atoms with Crippen LogP contribution in [-0.4, -0.2) is 36.6 Å². The highest BCUT2D eigenvalue weighted by Gasteiger charge is 2.17. The Morgan fingerprint density at radius 1 is 1.30 bits per heavy atom. The highest BCUT2D eigenvalue weighted by atomic mass is 35.5. The molecule has 2 N–H and O–H groups in total. The predicted molar refractivity (Wildman–Crippen MR) is 83.4 cm³/mol. The van der Waals surface area contributed by atoms with Crippen molar-refractivity contribution in [3.8, 4) is 0 Å². The minimum atomic E-state index is -0.154. The fourth-order valence-electron chi connectivity index (χ4n) is 2.44. The maximum Gasteiger partial charge on any atom is 0.319 e. The minimum absolute atomic E-state index is 0.154. The summed E-state index contributed by atoms with van der Waals surface area (Å²) in [6.45, 7) is 5.34. The van der Waals surface area contributed by atoms with E-state index in [1.54, 1.807) is 24.3 Å². The van der Waals surface area contributed by atoms with Crippen molar-refractivity contribution in [1.82, 2.24) is 10.2 Å². The molecule has 1 aliphatic rings. The molecule has 1 aromatic carbocycles. The number of rotatable bonds is 5. The standard InChI is InChI=1S/C15H22ClN3O/c1-2-13(11-19-9-3-4-10-19)17-15(20)18-14-7-5-12(16)6-8-14/h5-8,13H,2-4,9-11H2,1H3,(H2,17,18,20)/t13-/m1/s1. The third-order valence-electron chi connectivity index (χ3n) is 3.61. The maximum atomic E-state index is 12.0. The molecule has 0 aromatic heterocycles. The summed E-state index contributed by atoms with van der Waals surface area (Å²) < 4.78 is 0. The van der Waals surface area contributed by atoms with Gasteiger partial charge in [-0.25, -0.2) is 4.79 Å². The van der Waals surface area contributed by atoms with Crippen LogP contribution in [-0.2, 0) is 0 Å². The molecule has 0 radical (unpaired) electrons. The van der Waals surface area contributed by atoms with Gasteiger partial charge in [0.1, 0.15) is 0 Å². The number of anilines is 1. The number of nitrogens with one attached hydrogen (secondary N) is 2. The molecule has 1 aliphatic heterocycles. The largest absolute Gasteiger partial charge is 0.334 e. The predicted octanol–water partition coefficient (Wildman–Crippen LogP) is 3.34. The lowest BCUT2D eigenvalue weighted by Gasteiger charge is -2.23. The van der Waals surface area contributed by atoms with Gasteiger partial charge in [-0.2, -0.15) is 0 Å². The molecule has 1 saturated heterocycles. The third-order valence-corrected chi connectivity index (χ3v) is 3.86. The van der Waals surface area contributed by atoms with E-state index in [0.29, 0.717) is 5.02 Å². The normalized spacial score (nSPS) is 16.9. The van der Waals surface area contributed by atoms with E-state index in [9.17, 15) is 4.79 Å². The van der Waals surface area contributed by atoms with Crippen LogP contribution in [0.3, 0.4) is 0 Å². The van der Waals surface area contributed by atoms with Crippen LogP contribution in [0.4, 0.5) is 10.5 Å². The Kier molecular flexibility index (Phi) is 5.68.